The molecule has 1 atom stereocenters. The molecular formula is C15H14F4N4O. The number of hydrogen-bond acceptors (Lipinski definition) is 4. The molecule has 0 amide bonds. The van der Waals surface area contributed by atoms with Gasteiger partial charge in [0, 0.05) is 32.4 Å². The molecule has 0 saturated carbocycles. The Balaban J connectivity index is 2.21. The van der Waals surface area contributed by atoms with Crippen LogP contribution in [0.4, 0.5) is 23.2 Å². The Labute approximate surface area is 135 Å². The molecule has 0 fully saturated rings. The predicted octanol–water partition coefficient (Wildman–Crippen LogP) is 2.68. The van der Waals surface area contributed by atoms with Crippen molar-refractivity contribution in [1.29, 1.82) is 5.26 Å². The summed E-state index contributed by atoms with van der Waals surface area (Å²) in [6.07, 6.45) is -3.27. The van der Waals surface area contributed by atoms with Crippen LogP contribution in [0.2, 0.25) is 0 Å². The Kier molecular flexibility index (Phi) is 4.80. The molecule has 1 heterocycles. The lowest BCUT2D eigenvalue weighted by molar-refractivity contribution is -0.271. The van der Waals surface area contributed by atoms with Gasteiger partial charge >= 0.3 is 6.18 Å². The largest absolute Gasteiger partial charge is 0.424 e. The summed E-state index contributed by atoms with van der Waals surface area (Å²) in [4.78, 5) is 3.58. The van der Waals surface area contributed by atoms with E-state index in [-0.39, 0.29) is 17.8 Å². The van der Waals surface area contributed by atoms with Crippen molar-refractivity contribution in [2.45, 2.75) is 18.2 Å². The van der Waals surface area contributed by atoms with Crippen molar-refractivity contribution in [3.8, 4) is 6.07 Å². The van der Waals surface area contributed by atoms with E-state index in [1.54, 1.807) is 6.07 Å². The van der Waals surface area contributed by atoms with Crippen LogP contribution in [0.3, 0.4) is 0 Å². The number of aliphatic hydroxyl groups is 1. The van der Waals surface area contributed by atoms with Crippen molar-refractivity contribution in [3.05, 3.63) is 47.8 Å². The maximum Gasteiger partial charge on any atom is 0.424 e. The van der Waals surface area contributed by atoms with Crippen LogP contribution in [0, 0.1) is 17.1 Å². The fraction of sp³-hybridized carbons (Fsp3) is 0.333. The van der Waals surface area contributed by atoms with E-state index in [1.807, 2.05) is 0 Å². The van der Waals surface area contributed by atoms with Crippen LogP contribution in [0.25, 0.3) is 0 Å². The quantitative estimate of drug-likeness (QED) is 0.820. The zero-order chi connectivity index (χ0) is 18.0. The number of alkyl halides is 3. The fourth-order valence-corrected chi connectivity index (χ4v) is 2.31. The maximum absolute atomic E-state index is 13.5. The van der Waals surface area contributed by atoms with Crippen LogP contribution in [-0.2, 0) is 12.6 Å². The molecule has 2 rings (SSSR count). The van der Waals surface area contributed by atoms with Crippen molar-refractivity contribution in [1.82, 2.24) is 9.55 Å². The van der Waals surface area contributed by atoms with E-state index in [4.69, 9.17) is 5.26 Å². The van der Waals surface area contributed by atoms with Gasteiger partial charge in [-0.3, -0.25) is 0 Å². The minimum Gasteiger partial charge on any atom is -0.384 e. The zero-order valence-corrected chi connectivity index (χ0v) is 12.6. The molecule has 9 heteroatoms. The molecule has 0 aliphatic carbocycles. The summed E-state index contributed by atoms with van der Waals surface area (Å²) in [5.74, 6) is -1.32. The van der Waals surface area contributed by atoms with E-state index in [0.717, 1.165) is 16.8 Å². The summed E-state index contributed by atoms with van der Waals surface area (Å²) in [7, 11) is 1.34. The molecule has 0 unspecified atom stereocenters. The van der Waals surface area contributed by atoms with Gasteiger partial charge in [0.2, 0.25) is 5.60 Å². The number of rotatable bonds is 5. The fourth-order valence-electron chi connectivity index (χ4n) is 2.31. The lowest BCUT2D eigenvalue weighted by Gasteiger charge is -2.30. The molecule has 0 bridgehead atoms. The topological polar surface area (TPSA) is 73.9 Å². The lowest BCUT2D eigenvalue weighted by Crippen LogP contribution is -2.45. The van der Waals surface area contributed by atoms with Gasteiger partial charge in [-0.2, -0.15) is 18.4 Å². The van der Waals surface area contributed by atoms with Gasteiger partial charge in [0.15, 0.2) is 0 Å². The first-order chi connectivity index (χ1) is 11.2. The highest BCUT2D eigenvalue weighted by Crippen LogP contribution is 2.40. The highest BCUT2D eigenvalue weighted by molar-refractivity contribution is 5.57. The molecule has 0 spiro atoms. The SMILES string of the molecule is Cn1ccnc1[C@](O)(CCNc1cccc(F)c1C#N)C(F)(F)F. The van der Waals surface area contributed by atoms with Crippen molar-refractivity contribution in [2.75, 3.05) is 11.9 Å². The van der Waals surface area contributed by atoms with Gasteiger partial charge in [-0.05, 0) is 12.1 Å². The number of nitriles is 1. The van der Waals surface area contributed by atoms with Crippen molar-refractivity contribution < 1.29 is 22.7 Å². The maximum atomic E-state index is 13.5. The monoisotopic (exact) mass is 342 g/mol. The first-order valence-corrected chi connectivity index (χ1v) is 6.90. The van der Waals surface area contributed by atoms with E-state index >= 15 is 0 Å². The first-order valence-electron chi connectivity index (χ1n) is 6.90. The number of anilines is 1. The summed E-state index contributed by atoms with van der Waals surface area (Å²) in [5, 5.41) is 21.6. The Morgan fingerprint density at radius 2 is 2.08 bits per heavy atom. The Morgan fingerprint density at radius 3 is 2.62 bits per heavy atom. The van der Waals surface area contributed by atoms with E-state index in [9.17, 15) is 22.7 Å². The lowest BCUT2D eigenvalue weighted by atomic mass is 9.97. The molecule has 5 nitrogen and oxygen atoms in total. The molecule has 1 aromatic heterocycles. The van der Waals surface area contributed by atoms with Gasteiger partial charge in [-0.15, -0.1) is 0 Å². The Morgan fingerprint density at radius 1 is 1.38 bits per heavy atom. The summed E-state index contributed by atoms with van der Waals surface area (Å²) < 4.78 is 54.6. The second-order valence-electron chi connectivity index (χ2n) is 5.17. The van der Waals surface area contributed by atoms with Gasteiger partial charge in [0.05, 0.1) is 5.69 Å². The molecule has 0 aliphatic heterocycles. The number of hydrogen-bond donors (Lipinski definition) is 2. The van der Waals surface area contributed by atoms with Crippen molar-refractivity contribution in [3.63, 3.8) is 0 Å². The molecule has 24 heavy (non-hydrogen) atoms. The molecule has 2 N–H and O–H groups in total. The summed E-state index contributed by atoms with van der Waals surface area (Å²) in [5.41, 5.74) is -3.41. The Hall–Kier alpha value is -2.60. The van der Waals surface area contributed by atoms with Crippen LogP contribution in [0.1, 0.15) is 17.8 Å². The van der Waals surface area contributed by atoms with Crippen LogP contribution < -0.4 is 5.32 Å². The van der Waals surface area contributed by atoms with Crippen LogP contribution >= 0.6 is 0 Å². The third-order valence-corrected chi connectivity index (χ3v) is 3.59. The third-order valence-electron chi connectivity index (χ3n) is 3.59. The normalized spacial score (nSPS) is 14.0. The third kappa shape index (κ3) is 3.19. The zero-order valence-electron chi connectivity index (χ0n) is 12.6. The highest BCUT2D eigenvalue weighted by atomic mass is 19.4. The average Bonchev–Trinajstić information content (AvgIpc) is 2.92. The molecule has 0 aliphatic rings. The number of aryl methyl sites for hydroxylation is 1. The molecule has 0 saturated heterocycles. The minimum atomic E-state index is -4.95. The van der Waals surface area contributed by atoms with Crippen molar-refractivity contribution >= 4 is 5.69 Å². The van der Waals surface area contributed by atoms with Crippen LogP contribution in [-0.4, -0.2) is 27.4 Å². The van der Waals surface area contributed by atoms with E-state index in [0.29, 0.717) is 0 Å². The highest BCUT2D eigenvalue weighted by Gasteiger charge is 2.57. The number of imidazole rings is 1. The van der Waals surface area contributed by atoms with E-state index in [2.05, 4.69) is 10.3 Å². The minimum absolute atomic E-state index is 0.0573. The number of nitrogens with zero attached hydrogens (tertiary/aromatic N) is 3. The van der Waals surface area contributed by atoms with Crippen LogP contribution in [0.15, 0.2) is 30.6 Å². The number of halogens is 4. The number of nitrogens with one attached hydrogen (secondary N) is 1. The summed E-state index contributed by atoms with van der Waals surface area (Å²) in [6, 6.07) is 5.41. The van der Waals surface area contributed by atoms with Gasteiger partial charge < -0.3 is 15.0 Å². The van der Waals surface area contributed by atoms with Gasteiger partial charge in [0.25, 0.3) is 0 Å². The number of benzene rings is 1. The van der Waals surface area contributed by atoms with E-state index in [1.165, 1.54) is 25.4 Å². The van der Waals surface area contributed by atoms with Crippen LogP contribution in [0.5, 0.6) is 0 Å². The number of aromatic nitrogens is 2. The van der Waals surface area contributed by atoms with Gasteiger partial charge in [-0.25, -0.2) is 9.37 Å². The van der Waals surface area contributed by atoms with E-state index < -0.39 is 29.8 Å². The molecule has 128 valence electrons. The molecule has 0 radical (unpaired) electrons. The summed E-state index contributed by atoms with van der Waals surface area (Å²) in [6.45, 7) is -0.346. The second kappa shape index (κ2) is 6.49. The molecular weight excluding hydrogens is 328 g/mol. The van der Waals surface area contributed by atoms with Gasteiger partial charge in [-0.1, -0.05) is 6.07 Å². The second-order valence-corrected chi connectivity index (χ2v) is 5.17. The molecule has 1 aromatic carbocycles. The first kappa shape index (κ1) is 17.7. The molecule has 2 aromatic rings. The predicted molar refractivity (Wildman–Crippen MR) is 77.4 cm³/mol. The van der Waals surface area contributed by atoms with Gasteiger partial charge in [0.1, 0.15) is 23.3 Å². The van der Waals surface area contributed by atoms with Crippen molar-refractivity contribution in [2.24, 2.45) is 7.05 Å². The average molecular weight is 342 g/mol. The Bertz CT molecular complexity index is 766. The standard InChI is InChI=1S/C15H14F4N4O/c1-23-8-7-22-13(23)14(24,15(17,18)19)5-6-21-12-4-2-3-11(16)10(12)9-20/h2-4,7-8,21,24H,5-6H2,1H3/t14-/m1/s1. The summed E-state index contributed by atoms with van der Waals surface area (Å²) >= 11 is 0. The smallest absolute Gasteiger partial charge is 0.384 e.